The number of amides is 1. The lowest BCUT2D eigenvalue weighted by Gasteiger charge is -2.47. The summed E-state index contributed by atoms with van der Waals surface area (Å²) in [5, 5.41) is 0. The zero-order chi connectivity index (χ0) is 12.0. The first kappa shape index (κ1) is 11.6. The summed E-state index contributed by atoms with van der Waals surface area (Å²) in [5.74, 6) is 0.103. The van der Waals surface area contributed by atoms with Crippen molar-refractivity contribution in [1.29, 1.82) is 0 Å². The number of carbonyl (C=O) groups is 1. The summed E-state index contributed by atoms with van der Waals surface area (Å²) in [7, 11) is 0. The molecule has 1 aliphatic carbocycles. The molecule has 1 saturated carbocycles. The molecule has 1 heterocycles. The zero-order valence-corrected chi connectivity index (χ0v) is 10.6. The summed E-state index contributed by atoms with van der Waals surface area (Å²) in [6.07, 6.45) is 3.76. The van der Waals surface area contributed by atoms with Crippen molar-refractivity contribution in [1.82, 2.24) is 9.80 Å². The molecule has 0 bridgehead atoms. The van der Waals surface area contributed by atoms with Gasteiger partial charge in [-0.15, -0.1) is 0 Å². The minimum atomic E-state index is 0.103. The van der Waals surface area contributed by atoms with E-state index in [4.69, 9.17) is 0 Å². The molecule has 1 spiro atoms. The summed E-state index contributed by atoms with van der Waals surface area (Å²) in [4.78, 5) is 16.3. The van der Waals surface area contributed by atoms with Crippen LogP contribution in [0.5, 0.6) is 0 Å². The Morgan fingerprint density at radius 3 is 2.38 bits per heavy atom. The van der Waals surface area contributed by atoms with Crippen molar-refractivity contribution in [2.75, 3.05) is 19.6 Å². The van der Waals surface area contributed by atoms with Crippen molar-refractivity contribution >= 4 is 5.91 Å². The molecule has 90 valence electrons. The van der Waals surface area contributed by atoms with E-state index >= 15 is 0 Å². The summed E-state index contributed by atoms with van der Waals surface area (Å²) < 4.78 is 0. The molecule has 1 saturated heterocycles. The SMILES string of the molecule is C=CC(=O)N1CCN(C(C)(C)C)CC12CC2. The van der Waals surface area contributed by atoms with Crippen LogP contribution in [0.2, 0.25) is 0 Å². The van der Waals surface area contributed by atoms with Gasteiger partial charge in [0, 0.05) is 25.2 Å². The number of nitrogens with zero attached hydrogens (tertiary/aromatic N) is 2. The average molecular weight is 222 g/mol. The Morgan fingerprint density at radius 2 is 1.94 bits per heavy atom. The zero-order valence-electron chi connectivity index (χ0n) is 10.6. The van der Waals surface area contributed by atoms with Crippen LogP contribution in [-0.2, 0) is 4.79 Å². The normalized spacial score (nSPS) is 24.6. The molecule has 3 nitrogen and oxygen atoms in total. The fraction of sp³-hybridized carbons (Fsp3) is 0.769. The molecule has 2 rings (SSSR count). The average Bonchev–Trinajstić information content (AvgIpc) is 2.96. The predicted molar refractivity (Wildman–Crippen MR) is 65.2 cm³/mol. The number of hydrogen-bond acceptors (Lipinski definition) is 2. The van der Waals surface area contributed by atoms with Crippen molar-refractivity contribution in [2.24, 2.45) is 0 Å². The Bertz CT molecular complexity index is 312. The lowest BCUT2D eigenvalue weighted by atomic mass is 10.0. The van der Waals surface area contributed by atoms with Gasteiger partial charge in [-0.3, -0.25) is 9.69 Å². The van der Waals surface area contributed by atoms with E-state index in [1.54, 1.807) is 0 Å². The van der Waals surface area contributed by atoms with Crippen molar-refractivity contribution < 1.29 is 4.79 Å². The Kier molecular flexibility index (Phi) is 2.61. The van der Waals surface area contributed by atoms with Gasteiger partial charge in [0.2, 0.25) is 5.91 Å². The highest BCUT2D eigenvalue weighted by molar-refractivity contribution is 5.88. The number of piperazine rings is 1. The van der Waals surface area contributed by atoms with Crippen LogP contribution in [0.25, 0.3) is 0 Å². The van der Waals surface area contributed by atoms with E-state index in [0.29, 0.717) is 0 Å². The second-order valence-corrected chi connectivity index (χ2v) is 6.01. The van der Waals surface area contributed by atoms with Gasteiger partial charge in [0.15, 0.2) is 0 Å². The van der Waals surface area contributed by atoms with Crippen molar-refractivity contribution in [3.8, 4) is 0 Å². The van der Waals surface area contributed by atoms with Crippen LogP contribution in [0.4, 0.5) is 0 Å². The molecule has 0 N–H and O–H groups in total. The highest BCUT2D eigenvalue weighted by atomic mass is 16.2. The third-order valence-corrected chi connectivity index (χ3v) is 3.87. The second kappa shape index (κ2) is 3.59. The van der Waals surface area contributed by atoms with E-state index in [9.17, 15) is 4.79 Å². The van der Waals surface area contributed by atoms with Gasteiger partial charge in [0.25, 0.3) is 0 Å². The van der Waals surface area contributed by atoms with Gasteiger partial charge in [-0.2, -0.15) is 0 Å². The maximum Gasteiger partial charge on any atom is 0.246 e. The number of hydrogen-bond donors (Lipinski definition) is 0. The summed E-state index contributed by atoms with van der Waals surface area (Å²) >= 11 is 0. The smallest absolute Gasteiger partial charge is 0.246 e. The molecular weight excluding hydrogens is 200 g/mol. The molecule has 16 heavy (non-hydrogen) atoms. The van der Waals surface area contributed by atoms with Crippen LogP contribution in [0.15, 0.2) is 12.7 Å². The molecule has 2 fully saturated rings. The predicted octanol–water partition coefficient (Wildman–Crippen LogP) is 1.65. The van der Waals surface area contributed by atoms with Crippen LogP contribution in [0.1, 0.15) is 33.6 Å². The number of carbonyl (C=O) groups excluding carboxylic acids is 1. The molecule has 1 aliphatic heterocycles. The monoisotopic (exact) mass is 222 g/mol. The van der Waals surface area contributed by atoms with Gasteiger partial charge in [0.1, 0.15) is 0 Å². The van der Waals surface area contributed by atoms with Gasteiger partial charge < -0.3 is 4.90 Å². The quantitative estimate of drug-likeness (QED) is 0.630. The van der Waals surface area contributed by atoms with Crippen LogP contribution < -0.4 is 0 Å². The molecular formula is C13H22N2O. The Morgan fingerprint density at radius 1 is 1.31 bits per heavy atom. The maximum absolute atomic E-state index is 11.8. The molecule has 1 amide bonds. The third-order valence-electron chi connectivity index (χ3n) is 3.87. The van der Waals surface area contributed by atoms with E-state index in [2.05, 4.69) is 32.3 Å². The highest BCUT2D eigenvalue weighted by Gasteiger charge is 2.53. The van der Waals surface area contributed by atoms with Gasteiger partial charge >= 0.3 is 0 Å². The van der Waals surface area contributed by atoms with E-state index < -0.39 is 0 Å². The Labute approximate surface area is 98.1 Å². The summed E-state index contributed by atoms with van der Waals surface area (Å²) in [6.45, 7) is 13.2. The van der Waals surface area contributed by atoms with Crippen molar-refractivity contribution in [3.05, 3.63) is 12.7 Å². The molecule has 0 radical (unpaired) electrons. The van der Waals surface area contributed by atoms with Crippen LogP contribution in [0, 0.1) is 0 Å². The Hall–Kier alpha value is -0.830. The van der Waals surface area contributed by atoms with E-state index in [1.165, 1.54) is 6.08 Å². The molecule has 0 atom stereocenters. The van der Waals surface area contributed by atoms with Crippen molar-refractivity contribution in [3.63, 3.8) is 0 Å². The van der Waals surface area contributed by atoms with E-state index in [0.717, 1.165) is 32.5 Å². The fourth-order valence-corrected chi connectivity index (χ4v) is 2.58. The first-order valence-corrected chi connectivity index (χ1v) is 6.08. The Balaban J connectivity index is 2.10. The molecule has 0 aromatic rings. The minimum Gasteiger partial charge on any atom is -0.331 e. The topological polar surface area (TPSA) is 23.6 Å². The van der Waals surface area contributed by atoms with Gasteiger partial charge in [0.05, 0.1) is 5.54 Å². The fourth-order valence-electron chi connectivity index (χ4n) is 2.58. The van der Waals surface area contributed by atoms with Crippen LogP contribution >= 0.6 is 0 Å². The van der Waals surface area contributed by atoms with Gasteiger partial charge in [-0.05, 0) is 39.7 Å². The van der Waals surface area contributed by atoms with E-state index in [-0.39, 0.29) is 17.0 Å². The maximum atomic E-state index is 11.8. The van der Waals surface area contributed by atoms with Crippen molar-refractivity contribution in [2.45, 2.75) is 44.7 Å². The molecule has 0 aromatic heterocycles. The first-order valence-electron chi connectivity index (χ1n) is 6.08. The third kappa shape index (κ3) is 1.88. The lowest BCUT2D eigenvalue weighted by molar-refractivity contribution is -0.133. The molecule has 0 unspecified atom stereocenters. The van der Waals surface area contributed by atoms with Crippen LogP contribution in [0.3, 0.4) is 0 Å². The summed E-state index contributed by atoms with van der Waals surface area (Å²) in [5.41, 5.74) is 0.343. The minimum absolute atomic E-state index is 0.103. The molecule has 3 heteroatoms. The van der Waals surface area contributed by atoms with E-state index in [1.807, 2.05) is 4.90 Å². The second-order valence-electron chi connectivity index (χ2n) is 6.01. The standard InChI is InChI=1S/C13H22N2O/c1-5-11(16)15-9-8-14(12(2,3)4)10-13(15)6-7-13/h5H,1,6-10H2,2-4H3. The summed E-state index contributed by atoms with van der Waals surface area (Å²) in [6, 6.07) is 0. The molecule has 0 aromatic carbocycles. The van der Waals surface area contributed by atoms with Gasteiger partial charge in [-0.1, -0.05) is 6.58 Å². The number of rotatable bonds is 1. The highest BCUT2D eigenvalue weighted by Crippen LogP contribution is 2.45. The molecule has 2 aliphatic rings. The largest absolute Gasteiger partial charge is 0.331 e. The van der Waals surface area contributed by atoms with Gasteiger partial charge in [-0.25, -0.2) is 0 Å². The lowest BCUT2D eigenvalue weighted by Crippen LogP contribution is -2.60. The van der Waals surface area contributed by atoms with Crippen LogP contribution in [-0.4, -0.2) is 46.4 Å². The first-order chi connectivity index (χ1) is 7.39.